The Morgan fingerprint density at radius 2 is 1.81 bits per heavy atom. The molecule has 0 unspecified atom stereocenters. The van der Waals surface area contributed by atoms with Crippen LogP contribution in [-0.2, 0) is 11.3 Å². The van der Waals surface area contributed by atoms with E-state index in [1.54, 1.807) is 10.9 Å². The topological polar surface area (TPSA) is 67.2 Å². The predicted octanol–water partition coefficient (Wildman–Crippen LogP) is 4.71. The summed E-state index contributed by atoms with van der Waals surface area (Å²) in [6.07, 6.45) is 1.63. The first-order valence-electron chi connectivity index (χ1n) is 10.7. The van der Waals surface area contributed by atoms with E-state index in [1.807, 2.05) is 0 Å². The third kappa shape index (κ3) is 4.29. The van der Waals surface area contributed by atoms with Crippen LogP contribution in [0.1, 0.15) is 50.8 Å². The fourth-order valence-electron chi connectivity index (χ4n) is 4.01. The minimum atomic E-state index is -0.0466. The Balaban J connectivity index is 1.72. The number of thiophene rings is 1. The molecule has 1 atom stereocenters. The van der Waals surface area contributed by atoms with Crippen LogP contribution in [0.5, 0.6) is 0 Å². The average Bonchev–Trinajstić information content (AvgIpc) is 3.14. The summed E-state index contributed by atoms with van der Waals surface area (Å²) < 4.78 is 3.29. The highest BCUT2D eigenvalue weighted by Crippen LogP contribution is 2.42. The summed E-state index contributed by atoms with van der Waals surface area (Å²) in [5.41, 5.74) is 3.76. The van der Waals surface area contributed by atoms with Crippen LogP contribution in [0.2, 0.25) is 0 Å². The van der Waals surface area contributed by atoms with Crippen molar-refractivity contribution in [3.05, 3.63) is 52.1 Å². The number of nitrogens with one attached hydrogen (secondary N) is 1. The number of nitrogens with zero attached hydrogens (tertiary/aromatic N) is 3. The maximum atomic E-state index is 13.3. The SMILES string of the molecule is CCN(CC)[C@H](Cn1cnc2c3c(sc2c1=O)SCC(=O)N3)c1ccc(C(C)C)cc1. The third-order valence-corrected chi connectivity index (χ3v) is 8.28. The zero-order chi connectivity index (χ0) is 22.1. The Bertz CT molecular complexity index is 1150. The summed E-state index contributed by atoms with van der Waals surface area (Å²) in [4.78, 5) is 32.1. The van der Waals surface area contributed by atoms with Crippen LogP contribution in [0, 0.1) is 0 Å². The molecule has 0 radical (unpaired) electrons. The number of amides is 1. The van der Waals surface area contributed by atoms with Crippen molar-refractivity contribution < 1.29 is 4.79 Å². The number of anilines is 1. The Labute approximate surface area is 190 Å². The van der Waals surface area contributed by atoms with Crippen molar-refractivity contribution in [2.24, 2.45) is 0 Å². The third-order valence-electron chi connectivity index (χ3n) is 5.84. The minimum absolute atomic E-state index is 0.0461. The lowest BCUT2D eigenvalue weighted by molar-refractivity contribution is -0.113. The van der Waals surface area contributed by atoms with Crippen LogP contribution < -0.4 is 10.9 Å². The van der Waals surface area contributed by atoms with Crippen molar-refractivity contribution in [3.63, 3.8) is 0 Å². The van der Waals surface area contributed by atoms with E-state index in [1.165, 1.54) is 34.2 Å². The molecular formula is C23H28N4O2S2. The smallest absolute Gasteiger partial charge is 0.271 e. The number of rotatable bonds is 7. The molecule has 31 heavy (non-hydrogen) atoms. The molecular weight excluding hydrogens is 428 g/mol. The van der Waals surface area contributed by atoms with E-state index in [4.69, 9.17) is 0 Å². The van der Waals surface area contributed by atoms with E-state index in [9.17, 15) is 9.59 Å². The number of carbonyl (C=O) groups excluding carboxylic acids is 1. The highest BCUT2D eigenvalue weighted by molar-refractivity contribution is 8.02. The van der Waals surface area contributed by atoms with E-state index in [-0.39, 0.29) is 17.5 Å². The van der Waals surface area contributed by atoms with Gasteiger partial charge in [0.25, 0.3) is 5.56 Å². The van der Waals surface area contributed by atoms with Gasteiger partial charge in [-0.3, -0.25) is 19.1 Å². The first-order valence-corrected chi connectivity index (χ1v) is 12.5. The van der Waals surface area contributed by atoms with E-state index in [0.717, 1.165) is 17.3 Å². The minimum Gasteiger partial charge on any atom is -0.322 e. The molecule has 164 valence electrons. The van der Waals surface area contributed by atoms with E-state index < -0.39 is 0 Å². The summed E-state index contributed by atoms with van der Waals surface area (Å²) in [6, 6.07) is 8.83. The maximum absolute atomic E-state index is 13.3. The second-order valence-electron chi connectivity index (χ2n) is 8.04. The van der Waals surface area contributed by atoms with Gasteiger partial charge in [0.1, 0.15) is 10.2 Å². The monoisotopic (exact) mass is 456 g/mol. The fourth-order valence-corrected chi connectivity index (χ4v) is 6.19. The molecule has 4 rings (SSSR count). The molecule has 0 saturated carbocycles. The number of benzene rings is 1. The van der Waals surface area contributed by atoms with E-state index in [2.05, 4.69) is 67.2 Å². The van der Waals surface area contributed by atoms with Gasteiger partial charge in [0.2, 0.25) is 5.91 Å². The Kier molecular flexibility index (Phi) is 6.50. The lowest BCUT2D eigenvalue weighted by Crippen LogP contribution is -2.34. The second-order valence-corrected chi connectivity index (χ2v) is 10.3. The van der Waals surface area contributed by atoms with Gasteiger partial charge in [-0.2, -0.15) is 0 Å². The van der Waals surface area contributed by atoms with Gasteiger partial charge in [0.05, 0.1) is 28.0 Å². The van der Waals surface area contributed by atoms with Gasteiger partial charge in [-0.15, -0.1) is 23.1 Å². The van der Waals surface area contributed by atoms with Gasteiger partial charge in [0, 0.05) is 6.54 Å². The first-order chi connectivity index (χ1) is 14.9. The number of carbonyl (C=O) groups is 1. The van der Waals surface area contributed by atoms with Gasteiger partial charge in [-0.1, -0.05) is 52.0 Å². The zero-order valence-electron chi connectivity index (χ0n) is 18.3. The summed E-state index contributed by atoms with van der Waals surface area (Å²) in [5, 5.41) is 2.88. The number of likely N-dealkylation sites (N-methyl/N-ethyl adjacent to an activating group) is 1. The average molecular weight is 457 g/mol. The Morgan fingerprint density at radius 1 is 1.13 bits per heavy atom. The number of thioether (sulfide) groups is 1. The molecule has 2 aromatic heterocycles. The molecule has 1 aliphatic rings. The highest BCUT2D eigenvalue weighted by atomic mass is 32.2. The van der Waals surface area contributed by atoms with Gasteiger partial charge in [0.15, 0.2) is 0 Å². The number of aromatic nitrogens is 2. The molecule has 0 bridgehead atoms. The molecule has 0 aliphatic carbocycles. The summed E-state index contributed by atoms with van der Waals surface area (Å²) in [5.74, 6) is 0.817. The Morgan fingerprint density at radius 3 is 2.45 bits per heavy atom. The number of hydrogen-bond donors (Lipinski definition) is 1. The molecule has 1 aliphatic heterocycles. The summed E-state index contributed by atoms with van der Waals surface area (Å²) in [7, 11) is 0. The van der Waals surface area contributed by atoms with Gasteiger partial charge >= 0.3 is 0 Å². The molecule has 0 spiro atoms. The lowest BCUT2D eigenvalue weighted by atomic mass is 9.98. The van der Waals surface area contributed by atoms with Crippen molar-refractivity contribution in [1.82, 2.24) is 14.5 Å². The van der Waals surface area contributed by atoms with Crippen LogP contribution in [0.3, 0.4) is 0 Å². The molecule has 8 heteroatoms. The van der Waals surface area contributed by atoms with Crippen molar-refractivity contribution in [2.45, 2.75) is 50.4 Å². The largest absolute Gasteiger partial charge is 0.322 e. The first kappa shape index (κ1) is 22.0. The van der Waals surface area contributed by atoms with Crippen LogP contribution >= 0.6 is 23.1 Å². The maximum Gasteiger partial charge on any atom is 0.271 e. The molecule has 1 N–H and O–H groups in total. The highest BCUT2D eigenvalue weighted by Gasteiger charge is 2.25. The van der Waals surface area contributed by atoms with Crippen LogP contribution in [0.25, 0.3) is 10.2 Å². The van der Waals surface area contributed by atoms with Gasteiger partial charge < -0.3 is 5.32 Å². The van der Waals surface area contributed by atoms with Crippen molar-refractivity contribution >= 4 is 44.9 Å². The van der Waals surface area contributed by atoms with Crippen molar-refractivity contribution in [2.75, 3.05) is 24.2 Å². The number of fused-ring (bicyclic) bond motifs is 3. The van der Waals surface area contributed by atoms with Crippen LogP contribution in [-0.4, -0.2) is 39.2 Å². The zero-order valence-corrected chi connectivity index (χ0v) is 20.0. The molecule has 0 saturated heterocycles. The van der Waals surface area contributed by atoms with Crippen molar-refractivity contribution in [3.8, 4) is 0 Å². The number of hydrogen-bond acceptors (Lipinski definition) is 6. The van der Waals surface area contributed by atoms with Gasteiger partial charge in [-0.05, 0) is 30.1 Å². The molecule has 1 amide bonds. The quantitative estimate of drug-likeness (QED) is 0.558. The normalized spacial score (nSPS) is 14.8. The van der Waals surface area contributed by atoms with Gasteiger partial charge in [-0.25, -0.2) is 4.98 Å². The van der Waals surface area contributed by atoms with E-state index in [0.29, 0.717) is 34.1 Å². The standard InChI is InChI=1S/C23H28N4O2S2/c1-5-26(6-2)17(16-9-7-15(8-10-16)14(3)4)11-27-13-24-19-20-23(30-12-18(28)25-20)31-21(19)22(27)29/h7-10,13-14,17H,5-6,11-12H2,1-4H3,(H,25,28)/t17-/m1/s1. The Hall–Kier alpha value is -2.16. The van der Waals surface area contributed by atoms with Crippen LogP contribution in [0.4, 0.5) is 5.69 Å². The fraction of sp³-hybridized carbons (Fsp3) is 0.435. The molecule has 3 aromatic rings. The molecule has 6 nitrogen and oxygen atoms in total. The predicted molar refractivity (Wildman–Crippen MR) is 129 cm³/mol. The molecule has 3 heterocycles. The van der Waals surface area contributed by atoms with E-state index >= 15 is 0 Å². The molecule has 1 aromatic carbocycles. The van der Waals surface area contributed by atoms with Crippen molar-refractivity contribution in [1.29, 1.82) is 0 Å². The molecule has 0 fully saturated rings. The lowest BCUT2D eigenvalue weighted by Gasteiger charge is -2.30. The summed E-state index contributed by atoms with van der Waals surface area (Å²) in [6.45, 7) is 11.0. The van der Waals surface area contributed by atoms with Crippen LogP contribution in [0.15, 0.2) is 39.6 Å². The second kappa shape index (κ2) is 9.14. The summed E-state index contributed by atoms with van der Waals surface area (Å²) >= 11 is 2.90.